The first-order valence-corrected chi connectivity index (χ1v) is 4.95. The fourth-order valence-electron chi connectivity index (χ4n) is 1.25. The molecule has 0 heterocycles. The van der Waals surface area contributed by atoms with E-state index in [2.05, 4.69) is 5.32 Å². The lowest BCUT2D eigenvalue weighted by atomic mass is 10.1. The Bertz CT molecular complexity index is 448. The fraction of sp³-hybridized carbons (Fsp3) is 0.273. The molecule has 0 aliphatic heterocycles. The largest absolute Gasteiger partial charge is 0.480 e. The summed E-state index contributed by atoms with van der Waals surface area (Å²) in [6.07, 6.45) is 0.151. The molecular weight excluding hydrogens is 232 g/mol. The van der Waals surface area contributed by atoms with Crippen LogP contribution in [0, 0.1) is 11.6 Å². The van der Waals surface area contributed by atoms with E-state index in [1.165, 1.54) is 6.07 Å². The Morgan fingerprint density at radius 2 is 2.06 bits per heavy atom. The first-order chi connectivity index (χ1) is 7.97. The number of carbonyl (C=O) groups excluding carboxylic acids is 1. The van der Waals surface area contributed by atoms with Crippen LogP contribution in [0.15, 0.2) is 18.2 Å². The zero-order valence-electron chi connectivity index (χ0n) is 9.04. The van der Waals surface area contributed by atoms with Crippen molar-refractivity contribution in [3.05, 3.63) is 35.4 Å². The van der Waals surface area contributed by atoms with Crippen LogP contribution in [0.4, 0.5) is 8.78 Å². The van der Waals surface area contributed by atoms with Crippen LogP contribution in [-0.4, -0.2) is 23.0 Å². The lowest BCUT2D eigenvalue weighted by Gasteiger charge is -2.12. The number of hydrogen-bond donors (Lipinski definition) is 2. The molecule has 0 radical (unpaired) electrons. The van der Waals surface area contributed by atoms with E-state index < -0.39 is 35.1 Å². The Kier molecular flexibility index (Phi) is 4.14. The molecular formula is C11H11F2NO3. The van der Waals surface area contributed by atoms with E-state index in [0.29, 0.717) is 0 Å². The molecule has 1 atom stereocenters. The maximum absolute atomic E-state index is 13.2. The number of halogens is 2. The second-order valence-corrected chi connectivity index (χ2v) is 3.37. The fourth-order valence-corrected chi connectivity index (χ4v) is 1.25. The van der Waals surface area contributed by atoms with E-state index in [0.717, 1.165) is 12.1 Å². The molecule has 2 N–H and O–H groups in total. The molecule has 17 heavy (non-hydrogen) atoms. The summed E-state index contributed by atoms with van der Waals surface area (Å²) in [5, 5.41) is 10.8. The third kappa shape index (κ3) is 2.99. The molecule has 0 spiro atoms. The van der Waals surface area contributed by atoms with Crippen molar-refractivity contribution in [2.24, 2.45) is 0 Å². The Labute approximate surface area is 96.3 Å². The van der Waals surface area contributed by atoms with Gasteiger partial charge in [0.1, 0.15) is 6.04 Å². The second-order valence-electron chi connectivity index (χ2n) is 3.37. The normalized spacial score (nSPS) is 11.9. The van der Waals surface area contributed by atoms with Crippen LogP contribution >= 0.6 is 0 Å². The number of benzene rings is 1. The van der Waals surface area contributed by atoms with Crippen LogP contribution < -0.4 is 5.32 Å². The Balaban J connectivity index is 2.90. The van der Waals surface area contributed by atoms with Gasteiger partial charge in [0, 0.05) is 0 Å². The predicted molar refractivity (Wildman–Crippen MR) is 55.5 cm³/mol. The maximum Gasteiger partial charge on any atom is 0.326 e. The molecule has 0 aromatic heterocycles. The van der Waals surface area contributed by atoms with Crippen molar-refractivity contribution in [2.45, 2.75) is 19.4 Å². The number of hydrogen-bond acceptors (Lipinski definition) is 2. The van der Waals surface area contributed by atoms with Crippen LogP contribution in [0.1, 0.15) is 23.7 Å². The lowest BCUT2D eigenvalue weighted by Crippen LogP contribution is -2.40. The number of nitrogens with one attached hydrogen (secondary N) is 1. The van der Waals surface area contributed by atoms with Crippen molar-refractivity contribution < 1.29 is 23.5 Å². The van der Waals surface area contributed by atoms with Gasteiger partial charge in [-0.25, -0.2) is 13.6 Å². The zero-order chi connectivity index (χ0) is 13.0. The van der Waals surface area contributed by atoms with Gasteiger partial charge in [-0.1, -0.05) is 13.0 Å². The number of aliphatic carboxylic acids is 1. The van der Waals surface area contributed by atoms with Crippen molar-refractivity contribution in [3.8, 4) is 0 Å². The highest BCUT2D eigenvalue weighted by Crippen LogP contribution is 2.11. The molecule has 0 saturated heterocycles. The van der Waals surface area contributed by atoms with Crippen molar-refractivity contribution in [1.29, 1.82) is 0 Å². The summed E-state index contributed by atoms with van der Waals surface area (Å²) >= 11 is 0. The minimum Gasteiger partial charge on any atom is -0.480 e. The van der Waals surface area contributed by atoms with Crippen molar-refractivity contribution in [1.82, 2.24) is 5.32 Å². The maximum atomic E-state index is 13.2. The van der Waals surface area contributed by atoms with Gasteiger partial charge in [-0.15, -0.1) is 0 Å². The molecule has 92 valence electrons. The van der Waals surface area contributed by atoms with E-state index in [1.54, 1.807) is 6.92 Å². The van der Waals surface area contributed by atoms with Gasteiger partial charge in [0.15, 0.2) is 11.6 Å². The number of carboxylic acids is 1. The summed E-state index contributed by atoms with van der Waals surface area (Å²) in [6.45, 7) is 1.56. The summed E-state index contributed by atoms with van der Waals surface area (Å²) in [7, 11) is 0. The molecule has 0 unspecified atom stereocenters. The van der Waals surface area contributed by atoms with Gasteiger partial charge in [-0.3, -0.25) is 4.79 Å². The van der Waals surface area contributed by atoms with E-state index in [9.17, 15) is 18.4 Å². The van der Waals surface area contributed by atoms with E-state index in [4.69, 9.17) is 5.11 Å². The zero-order valence-corrected chi connectivity index (χ0v) is 9.04. The number of carboxylic acid groups (broad SMARTS) is 1. The summed E-state index contributed by atoms with van der Waals surface area (Å²) < 4.78 is 26.1. The second kappa shape index (κ2) is 5.38. The molecule has 0 fully saturated rings. The molecule has 0 bridgehead atoms. The summed E-state index contributed by atoms with van der Waals surface area (Å²) in [5.41, 5.74) is -0.510. The topological polar surface area (TPSA) is 66.4 Å². The lowest BCUT2D eigenvalue weighted by molar-refractivity contribution is -0.139. The minimum absolute atomic E-state index is 0.151. The van der Waals surface area contributed by atoms with Crippen molar-refractivity contribution in [2.75, 3.05) is 0 Å². The van der Waals surface area contributed by atoms with Gasteiger partial charge in [0.25, 0.3) is 5.91 Å². The van der Waals surface area contributed by atoms with Gasteiger partial charge in [-0.2, -0.15) is 0 Å². The highest BCUT2D eigenvalue weighted by molar-refractivity contribution is 5.96. The molecule has 1 amide bonds. The number of rotatable bonds is 4. The van der Waals surface area contributed by atoms with Gasteiger partial charge >= 0.3 is 5.97 Å². The SMILES string of the molecule is CC[C@@H](NC(=O)c1cccc(F)c1F)C(=O)O. The van der Waals surface area contributed by atoms with Crippen LogP contribution in [-0.2, 0) is 4.79 Å². The van der Waals surface area contributed by atoms with Crippen LogP contribution in [0.3, 0.4) is 0 Å². The smallest absolute Gasteiger partial charge is 0.326 e. The van der Waals surface area contributed by atoms with Gasteiger partial charge in [0.05, 0.1) is 5.56 Å². The van der Waals surface area contributed by atoms with Crippen molar-refractivity contribution >= 4 is 11.9 Å². The van der Waals surface area contributed by atoms with Crippen LogP contribution in [0.5, 0.6) is 0 Å². The molecule has 4 nitrogen and oxygen atoms in total. The molecule has 0 aliphatic rings. The van der Waals surface area contributed by atoms with Crippen LogP contribution in [0.25, 0.3) is 0 Å². The average molecular weight is 243 g/mol. The Hall–Kier alpha value is -1.98. The highest BCUT2D eigenvalue weighted by Gasteiger charge is 2.21. The summed E-state index contributed by atoms with van der Waals surface area (Å²) in [6, 6.07) is 2.02. The Morgan fingerprint density at radius 3 is 2.59 bits per heavy atom. The van der Waals surface area contributed by atoms with E-state index in [1.807, 2.05) is 0 Å². The molecule has 1 rings (SSSR count). The molecule has 0 aliphatic carbocycles. The van der Waals surface area contributed by atoms with Crippen molar-refractivity contribution in [3.63, 3.8) is 0 Å². The van der Waals surface area contributed by atoms with Gasteiger partial charge in [-0.05, 0) is 18.6 Å². The van der Waals surface area contributed by atoms with E-state index >= 15 is 0 Å². The first kappa shape index (κ1) is 13.1. The predicted octanol–water partition coefficient (Wildman–Crippen LogP) is 1.56. The minimum atomic E-state index is -1.29. The number of carbonyl (C=O) groups is 2. The molecule has 0 saturated carbocycles. The summed E-state index contributed by atoms with van der Waals surface area (Å²) in [5.74, 6) is -4.61. The first-order valence-electron chi connectivity index (χ1n) is 4.95. The standard InChI is InChI=1S/C11H11F2NO3/c1-2-8(11(16)17)14-10(15)6-4-3-5-7(12)9(6)13/h3-5,8H,2H2,1H3,(H,14,15)(H,16,17)/t8-/m1/s1. The Morgan fingerprint density at radius 1 is 1.41 bits per heavy atom. The molecule has 1 aromatic rings. The van der Waals surface area contributed by atoms with E-state index in [-0.39, 0.29) is 6.42 Å². The summed E-state index contributed by atoms with van der Waals surface area (Å²) in [4.78, 5) is 22.2. The van der Waals surface area contributed by atoms with Crippen LogP contribution in [0.2, 0.25) is 0 Å². The quantitative estimate of drug-likeness (QED) is 0.843. The third-order valence-electron chi connectivity index (χ3n) is 2.21. The molecule has 1 aromatic carbocycles. The monoisotopic (exact) mass is 243 g/mol. The number of amides is 1. The third-order valence-corrected chi connectivity index (χ3v) is 2.21. The highest BCUT2D eigenvalue weighted by atomic mass is 19.2. The van der Waals surface area contributed by atoms with Gasteiger partial charge < -0.3 is 10.4 Å². The van der Waals surface area contributed by atoms with Gasteiger partial charge in [0.2, 0.25) is 0 Å². The molecule has 6 heteroatoms. The average Bonchev–Trinajstić information content (AvgIpc) is 2.28.